The van der Waals surface area contributed by atoms with E-state index in [0.29, 0.717) is 6.04 Å². The minimum Gasteiger partial charge on any atom is -0.312 e. The SMILES string of the molecule is CN(C)CC(C)(C)CNC1CCCC1C#N. The third-order valence-corrected chi connectivity index (χ3v) is 3.27. The molecule has 2 unspecified atom stereocenters. The topological polar surface area (TPSA) is 39.1 Å². The molecule has 0 aromatic rings. The lowest BCUT2D eigenvalue weighted by Crippen LogP contribution is -2.42. The quantitative estimate of drug-likeness (QED) is 0.773. The van der Waals surface area contributed by atoms with Gasteiger partial charge in [-0.25, -0.2) is 0 Å². The summed E-state index contributed by atoms with van der Waals surface area (Å²) in [6.07, 6.45) is 3.43. The first-order valence-electron chi connectivity index (χ1n) is 6.22. The van der Waals surface area contributed by atoms with E-state index in [1.165, 1.54) is 6.42 Å². The summed E-state index contributed by atoms with van der Waals surface area (Å²) < 4.78 is 0. The van der Waals surface area contributed by atoms with Crippen LogP contribution in [0.4, 0.5) is 0 Å². The molecule has 92 valence electrons. The Morgan fingerprint density at radius 1 is 1.38 bits per heavy atom. The first kappa shape index (κ1) is 13.5. The average molecular weight is 223 g/mol. The fraction of sp³-hybridized carbons (Fsp3) is 0.923. The third-order valence-electron chi connectivity index (χ3n) is 3.27. The third kappa shape index (κ3) is 4.11. The second kappa shape index (κ2) is 5.65. The maximum atomic E-state index is 9.01. The van der Waals surface area contributed by atoms with E-state index in [0.717, 1.165) is 25.9 Å². The standard InChI is InChI=1S/C13H25N3/c1-13(2,10-16(3)4)9-15-12-7-5-6-11(12)8-14/h11-12,15H,5-7,9-10H2,1-4H3. The summed E-state index contributed by atoms with van der Waals surface area (Å²) in [6.45, 7) is 6.62. The zero-order valence-electron chi connectivity index (χ0n) is 11.1. The zero-order valence-corrected chi connectivity index (χ0v) is 11.1. The molecule has 3 nitrogen and oxygen atoms in total. The second-order valence-corrected chi connectivity index (χ2v) is 6.06. The van der Waals surface area contributed by atoms with Crippen LogP contribution in [0, 0.1) is 22.7 Å². The van der Waals surface area contributed by atoms with Gasteiger partial charge in [-0.1, -0.05) is 20.3 Å². The minimum absolute atomic E-state index is 0.232. The maximum absolute atomic E-state index is 9.01. The number of nitrogens with one attached hydrogen (secondary N) is 1. The highest BCUT2D eigenvalue weighted by molar-refractivity contribution is 4.97. The van der Waals surface area contributed by atoms with E-state index in [1.807, 2.05) is 0 Å². The van der Waals surface area contributed by atoms with E-state index in [9.17, 15) is 0 Å². The summed E-state index contributed by atoms with van der Waals surface area (Å²) in [5.41, 5.74) is 0.270. The summed E-state index contributed by atoms with van der Waals surface area (Å²) in [7, 11) is 4.21. The van der Waals surface area contributed by atoms with E-state index in [-0.39, 0.29) is 11.3 Å². The van der Waals surface area contributed by atoms with Crippen molar-refractivity contribution in [3.8, 4) is 6.07 Å². The predicted molar refractivity (Wildman–Crippen MR) is 67.1 cm³/mol. The number of hydrogen-bond acceptors (Lipinski definition) is 3. The smallest absolute Gasteiger partial charge is 0.0672 e. The Balaban J connectivity index is 2.36. The van der Waals surface area contributed by atoms with E-state index in [4.69, 9.17) is 5.26 Å². The molecule has 0 aromatic carbocycles. The van der Waals surface area contributed by atoms with Gasteiger partial charge in [0.1, 0.15) is 0 Å². The van der Waals surface area contributed by atoms with Gasteiger partial charge >= 0.3 is 0 Å². The first-order chi connectivity index (χ1) is 7.44. The van der Waals surface area contributed by atoms with Gasteiger partial charge in [0, 0.05) is 19.1 Å². The molecule has 0 aliphatic heterocycles. The number of nitrogens with zero attached hydrogens (tertiary/aromatic N) is 2. The highest BCUT2D eigenvalue weighted by atomic mass is 15.1. The van der Waals surface area contributed by atoms with Crippen molar-refractivity contribution in [2.45, 2.75) is 39.2 Å². The molecule has 2 atom stereocenters. The van der Waals surface area contributed by atoms with Crippen LogP contribution < -0.4 is 5.32 Å². The molecule has 1 aliphatic rings. The van der Waals surface area contributed by atoms with Gasteiger partial charge in [-0.2, -0.15) is 5.26 Å². The molecule has 0 saturated heterocycles. The lowest BCUT2D eigenvalue weighted by molar-refractivity contribution is 0.222. The highest BCUT2D eigenvalue weighted by Crippen LogP contribution is 2.26. The van der Waals surface area contributed by atoms with Crippen molar-refractivity contribution in [1.82, 2.24) is 10.2 Å². The van der Waals surface area contributed by atoms with Crippen LogP contribution in [-0.4, -0.2) is 38.1 Å². The molecule has 0 heterocycles. The second-order valence-electron chi connectivity index (χ2n) is 6.06. The van der Waals surface area contributed by atoms with E-state index in [1.54, 1.807) is 0 Å². The lowest BCUT2D eigenvalue weighted by Gasteiger charge is -2.30. The van der Waals surface area contributed by atoms with Crippen molar-refractivity contribution in [1.29, 1.82) is 5.26 Å². The summed E-state index contributed by atoms with van der Waals surface area (Å²) in [6, 6.07) is 2.84. The van der Waals surface area contributed by atoms with Crippen LogP contribution in [0.2, 0.25) is 0 Å². The summed E-state index contributed by atoms with van der Waals surface area (Å²) in [5, 5.41) is 12.6. The Labute approximate surface area is 99.8 Å². The van der Waals surface area contributed by atoms with E-state index in [2.05, 4.69) is 44.2 Å². The normalized spacial score (nSPS) is 26.0. The van der Waals surface area contributed by atoms with Crippen molar-refractivity contribution in [2.75, 3.05) is 27.2 Å². The Hall–Kier alpha value is -0.590. The largest absolute Gasteiger partial charge is 0.312 e. The number of hydrogen-bond donors (Lipinski definition) is 1. The van der Waals surface area contributed by atoms with Gasteiger partial charge in [-0.15, -0.1) is 0 Å². The van der Waals surface area contributed by atoms with E-state index < -0.39 is 0 Å². The van der Waals surface area contributed by atoms with Gasteiger partial charge < -0.3 is 10.2 Å². The van der Waals surface area contributed by atoms with E-state index >= 15 is 0 Å². The van der Waals surface area contributed by atoms with Crippen LogP contribution in [-0.2, 0) is 0 Å². The Kier molecular flexibility index (Phi) is 4.76. The van der Waals surface area contributed by atoms with Gasteiger partial charge in [0.2, 0.25) is 0 Å². The number of rotatable bonds is 5. The van der Waals surface area contributed by atoms with Crippen molar-refractivity contribution < 1.29 is 0 Å². The molecule has 16 heavy (non-hydrogen) atoms. The van der Waals surface area contributed by atoms with Gasteiger partial charge in [0.05, 0.1) is 12.0 Å². The number of nitriles is 1. The average Bonchev–Trinajstić information content (AvgIpc) is 2.59. The van der Waals surface area contributed by atoms with Crippen molar-refractivity contribution >= 4 is 0 Å². The van der Waals surface area contributed by atoms with Gasteiger partial charge in [-0.3, -0.25) is 0 Å². The van der Waals surface area contributed by atoms with Gasteiger partial charge in [0.15, 0.2) is 0 Å². The molecular formula is C13H25N3. The van der Waals surface area contributed by atoms with Crippen LogP contribution in [0.25, 0.3) is 0 Å². The van der Waals surface area contributed by atoms with Crippen LogP contribution in [0.5, 0.6) is 0 Å². The minimum atomic E-state index is 0.232. The molecule has 1 saturated carbocycles. The van der Waals surface area contributed by atoms with Crippen molar-refractivity contribution in [2.24, 2.45) is 11.3 Å². The summed E-state index contributed by atoms with van der Waals surface area (Å²) in [4.78, 5) is 2.22. The van der Waals surface area contributed by atoms with Crippen LogP contribution in [0.15, 0.2) is 0 Å². The summed E-state index contributed by atoms with van der Waals surface area (Å²) >= 11 is 0. The van der Waals surface area contributed by atoms with Crippen molar-refractivity contribution in [3.63, 3.8) is 0 Å². The Morgan fingerprint density at radius 3 is 2.62 bits per heavy atom. The molecule has 0 bridgehead atoms. The van der Waals surface area contributed by atoms with Crippen molar-refractivity contribution in [3.05, 3.63) is 0 Å². The molecule has 1 N–H and O–H groups in total. The molecule has 1 fully saturated rings. The predicted octanol–water partition coefficient (Wildman–Crippen LogP) is 1.86. The summed E-state index contributed by atoms with van der Waals surface area (Å²) in [5.74, 6) is 0.232. The molecule has 0 aromatic heterocycles. The molecule has 0 radical (unpaired) electrons. The van der Waals surface area contributed by atoms with Crippen LogP contribution >= 0.6 is 0 Å². The molecule has 3 heteroatoms. The molecule has 1 rings (SSSR count). The fourth-order valence-electron chi connectivity index (χ4n) is 2.68. The first-order valence-corrected chi connectivity index (χ1v) is 6.22. The molecule has 0 spiro atoms. The fourth-order valence-corrected chi connectivity index (χ4v) is 2.68. The van der Waals surface area contributed by atoms with Gasteiger partial charge in [0.25, 0.3) is 0 Å². The van der Waals surface area contributed by atoms with Gasteiger partial charge in [-0.05, 0) is 32.4 Å². The molecule has 1 aliphatic carbocycles. The zero-order chi connectivity index (χ0) is 12.2. The molecule has 0 amide bonds. The highest BCUT2D eigenvalue weighted by Gasteiger charge is 2.28. The Morgan fingerprint density at radius 2 is 2.06 bits per heavy atom. The lowest BCUT2D eigenvalue weighted by atomic mass is 9.92. The Bertz CT molecular complexity index is 252. The van der Waals surface area contributed by atoms with Crippen LogP contribution in [0.3, 0.4) is 0 Å². The van der Waals surface area contributed by atoms with Crippen LogP contribution in [0.1, 0.15) is 33.1 Å². The maximum Gasteiger partial charge on any atom is 0.0672 e. The monoisotopic (exact) mass is 223 g/mol. The molecular weight excluding hydrogens is 198 g/mol.